The van der Waals surface area contributed by atoms with Crippen molar-refractivity contribution in [1.82, 2.24) is 0 Å². The SMILES string of the molecule is CCSc1ccccc1C(=O)Nc1ccc(N2CCCC2=O)c(C)c1. The number of anilines is 2. The minimum Gasteiger partial charge on any atom is -0.322 e. The highest BCUT2D eigenvalue weighted by Crippen LogP contribution is 2.28. The van der Waals surface area contributed by atoms with E-state index in [4.69, 9.17) is 0 Å². The fourth-order valence-corrected chi connectivity index (χ4v) is 3.87. The number of nitrogens with zero attached hydrogens (tertiary/aromatic N) is 1. The molecule has 0 unspecified atom stereocenters. The molecule has 0 bridgehead atoms. The summed E-state index contributed by atoms with van der Waals surface area (Å²) >= 11 is 1.66. The van der Waals surface area contributed by atoms with E-state index in [9.17, 15) is 9.59 Å². The van der Waals surface area contributed by atoms with Gasteiger partial charge in [-0.05, 0) is 55.0 Å². The van der Waals surface area contributed by atoms with E-state index in [-0.39, 0.29) is 11.8 Å². The first-order valence-corrected chi connectivity index (χ1v) is 9.53. The minimum absolute atomic E-state index is 0.110. The molecule has 1 aliphatic heterocycles. The highest BCUT2D eigenvalue weighted by Gasteiger charge is 2.23. The molecule has 0 aliphatic carbocycles. The number of hydrogen-bond acceptors (Lipinski definition) is 3. The summed E-state index contributed by atoms with van der Waals surface area (Å²) in [7, 11) is 0. The summed E-state index contributed by atoms with van der Waals surface area (Å²) in [6, 6.07) is 13.3. The molecule has 3 rings (SSSR count). The number of carbonyl (C=O) groups excluding carboxylic acids is 2. The lowest BCUT2D eigenvalue weighted by atomic mass is 10.1. The van der Waals surface area contributed by atoms with Gasteiger partial charge in [-0.1, -0.05) is 19.1 Å². The average Bonchev–Trinajstić information content (AvgIpc) is 3.01. The van der Waals surface area contributed by atoms with Crippen molar-refractivity contribution in [3.05, 3.63) is 53.6 Å². The molecule has 1 aliphatic rings. The van der Waals surface area contributed by atoms with Crippen LogP contribution in [0.4, 0.5) is 11.4 Å². The van der Waals surface area contributed by atoms with Crippen LogP contribution in [0.3, 0.4) is 0 Å². The molecule has 5 heteroatoms. The van der Waals surface area contributed by atoms with Crippen molar-refractivity contribution in [3.8, 4) is 0 Å². The molecule has 1 N–H and O–H groups in total. The van der Waals surface area contributed by atoms with Gasteiger partial charge in [0.2, 0.25) is 5.91 Å². The molecule has 4 nitrogen and oxygen atoms in total. The highest BCUT2D eigenvalue weighted by atomic mass is 32.2. The Hall–Kier alpha value is -2.27. The van der Waals surface area contributed by atoms with Gasteiger partial charge in [0.25, 0.3) is 5.91 Å². The lowest BCUT2D eigenvalue weighted by molar-refractivity contribution is -0.117. The predicted molar refractivity (Wildman–Crippen MR) is 104 cm³/mol. The number of benzene rings is 2. The van der Waals surface area contributed by atoms with Gasteiger partial charge in [-0.3, -0.25) is 9.59 Å². The third-order valence-electron chi connectivity index (χ3n) is 4.25. The summed E-state index contributed by atoms with van der Waals surface area (Å²) in [5.74, 6) is 0.980. The Morgan fingerprint density at radius 2 is 2.04 bits per heavy atom. The molecule has 1 fully saturated rings. The van der Waals surface area contributed by atoms with Gasteiger partial charge in [0, 0.05) is 29.2 Å². The molecular weight excluding hydrogens is 332 g/mol. The Balaban J connectivity index is 1.78. The normalized spacial score (nSPS) is 14.0. The fourth-order valence-electron chi connectivity index (χ4n) is 3.07. The first-order chi connectivity index (χ1) is 12.1. The van der Waals surface area contributed by atoms with Gasteiger partial charge >= 0.3 is 0 Å². The Bertz CT molecular complexity index is 804. The van der Waals surface area contributed by atoms with Crippen LogP contribution in [0.25, 0.3) is 0 Å². The zero-order valence-electron chi connectivity index (χ0n) is 14.5. The van der Waals surface area contributed by atoms with Crippen LogP contribution in [0.15, 0.2) is 47.4 Å². The van der Waals surface area contributed by atoms with E-state index in [1.54, 1.807) is 11.8 Å². The number of aryl methyl sites for hydroxylation is 1. The van der Waals surface area contributed by atoms with Crippen LogP contribution >= 0.6 is 11.8 Å². The molecule has 0 aromatic heterocycles. The number of rotatable bonds is 5. The van der Waals surface area contributed by atoms with Crippen molar-refractivity contribution >= 4 is 35.0 Å². The first-order valence-electron chi connectivity index (χ1n) is 8.54. The Morgan fingerprint density at radius 3 is 2.72 bits per heavy atom. The van der Waals surface area contributed by atoms with Crippen LogP contribution in [-0.2, 0) is 4.79 Å². The van der Waals surface area contributed by atoms with E-state index >= 15 is 0 Å². The second-order valence-corrected chi connectivity index (χ2v) is 7.34. The van der Waals surface area contributed by atoms with Crippen molar-refractivity contribution < 1.29 is 9.59 Å². The molecule has 2 aromatic carbocycles. The number of thioether (sulfide) groups is 1. The molecule has 0 radical (unpaired) electrons. The number of carbonyl (C=O) groups is 2. The standard InChI is InChI=1S/C20H22N2O2S/c1-3-25-18-8-5-4-7-16(18)20(24)21-15-10-11-17(14(2)13-15)22-12-6-9-19(22)23/h4-5,7-8,10-11,13H,3,6,9,12H2,1-2H3,(H,21,24). The summed E-state index contributed by atoms with van der Waals surface area (Å²) in [6.45, 7) is 4.81. The van der Waals surface area contributed by atoms with E-state index in [0.29, 0.717) is 12.0 Å². The van der Waals surface area contributed by atoms with E-state index in [1.165, 1.54) is 0 Å². The molecule has 1 saturated heterocycles. The molecule has 0 atom stereocenters. The Kier molecular flexibility index (Phi) is 5.43. The second-order valence-electron chi connectivity index (χ2n) is 6.03. The monoisotopic (exact) mass is 354 g/mol. The van der Waals surface area contributed by atoms with Crippen LogP contribution in [0.1, 0.15) is 35.7 Å². The Labute approximate surface area is 152 Å². The van der Waals surface area contributed by atoms with Gasteiger partial charge in [-0.2, -0.15) is 0 Å². The molecular formula is C20H22N2O2S. The summed E-state index contributed by atoms with van der Waals surface area (Å²) in [6.07, 6.45) is 1.52. The van der Waals surface area contributed by atoms with E-state index < -0.39 is 0 Å². The molecule has 1 heterocycles. The lowest BCUT2D eigenvalue weighted by Gasteiger charge is -2.19. The van der Waals surface area contributed by atoms with Crippen LogP contribution in [-0.4, -0.2) is 24.1 Å². The number of amides is 2. The maximum atomic E-state index is 12.6. The summed E-state index contributed by atoms with van der Waals surface area (Å²) in [5.41, 5.74) is 3.35. The van der Waals surface area contributed by atoms with Gasteiger partial charge in [-0.25, -0.2) is 0 Å². The first kappa shape index (κ1) is 17.5. The minimum atomic E-state index is -0.110. The van der Waals surface area contributed by atoms with Gasteiger partial charge in [-0.15, -0.1) is 11.8 Å². The molecule has 25 heavy (non-hydrogen) atoms. The molecule has 0 saturated carbocycles. The van der Waals surface area contributed by atoms with Crippen LogP contribution in [0, 0.1) is 6.92 Å². The van der Waals surface area contributed by atoms with Gasteiger partial charge in [0.15, 0.2) is 0 Å². The van der Waals surface area contributed by atoms with Crippen molar-refractivity contribution in [2.75, 3.05) is 22.5 Å². The smallest absolute Gasteiger partial charge is 0.256 e. The third kappa shape index (κ3) is 3.87. The largest absolute Gasteiger partial charge is 0.322 e. The van der Waals surface area contributed by atoms with Crippen LogP contribution in [0.2, 0.25) is 0 Å². The zero-order chi connectivity index (χ0) is 17.8. The molecule has 130 valence electrons. The predicted octanol–water partition coefficient (Wildman–Crippen LogP) is 4.49. The van der Waals surface area contributed by atoms with E-state index in [1.807, 2.05) is 54.3 Å². The van der Waals surface area contributed by atoms with Gasteiger partial charge in [0.1, 0.15) is 0 Å². The van der Waals surface area contributed by atoms with E-state index in [0.717, 1.165) is 40.6 Å². The molecule has 0 spiro atoms. The summed E-state index contributed by atoms with van der Waals surface area (Å²) in [4.78, 5) is 27.4. The summed E-state index contributed by atoms with van der Waals surface area (Å²) in [5, 5.41) is 2.97. The topological polar surface area (TPSA) is 49.4 Å². The van der Waals surface area contributed by atoms with Crippen molar-refractivity contribution in [2.45, 2.75) is 31.6 Å². The third-order valence-corrected chi connectivity index (χ3v) is 5.21. The van der Waals surface area contributed by atoms with Crippen LogP contribution < -0.4 is 10.2 Å². The Morgan fingerprint density at radius 1 is 1.24 bits per heavy atom. The fraction of sp³-hybridized carbons (Fsp3) is 0.300. The average molecular weight is 354 g/mol. The van der Waals surface area contributed by atoms with Crippen molar-refractivity contribution in [1.29, 1.82) is 0 Å². The van der Waals surface area contributed by atoms with Gasteiger partial charge < -0.3 is 10.2 Å². The van der Waals surface area contributed by atoms with Crippen molar-refractivity contribution in [2.24, 2.45) is 0 Å². The molecule has 2 amide bonds. The van der Waals surface area contributed by atoms with E-state index in [2.05, 4.69) is 12.2 Å². The number of nitrogens with one attached hydrogen (secondary N) is 1. The van der Waals surface area contributed by atoms with Crippen LogP contribution in [0.5, 0.6) is 0 Å². The zero-order valence-corrected chi connectivity index (χ0v) is 15.4. The van der Waals surface area contributed by atoms with Crippen molar-refractivity contribution in [3.63, 3.8) is 0 Å². The second kappa shape index (κ2) is 7.74. The summed E-state index contributed by atoms with van der Waals surface area (Å²) < 4.78 is 0. The quantitative estimate of drug-likeness (QED) is 0.805. The number of hydrogen-bond donors (Lipinski definition) is 1. The maximum absolute atomic E-state index is 12.6. The molecule has 2 aromatic rings. The lowest BCUT2D eigenvalue weighted by Crippen LogP contribution is -2.24. The highest BCUT2D eigenvalue weighted by molar-refractivity contribution is 7.99. The van der Waals surface area contributed by atoms with Gasteiger partial charge in [0.05, 0.1) is 5.56 Å². The maximum Gasteiger partial charge on any atom is 0.256 e.